The summed E-state index contributed by atoms with van der Waals surface area (Å²) in [6.45, 7) is 9.29. The number of para-hydroxylation sites is 9. The van der Waals surface area contributed by atoms with E-state index in [0.29, 0.717) is 50.6 Å². The largest absolute Gasteiger partial charge is 0.307 e. The van der Waals surface area contributed by atoms with Crippen LogP contribution in [0.1, 0.15) is 49.9 Å². The third-order valence-electron chi connectivity index (χ3n) is 30.6. The molecule has 145 heavy (non-hydrogen) atoms. The standard InChI is InChI=1S/C45H27N5O.2C42H28N4O/c51-44-36-27-46-45(47-41(36)34-20-10-12-22-38(34)49(44)30-16-5-2-6-17-30)50-37-21-11-9-19-32(37)33-24-25-35-40-31-18-8-7-13-28(31)23-26-39(40)48(43(35)42(33)50)29-14-3-1-4-15-29;1-42(2)34-23-26-13-7-6-12-25(26)22-32(34)29-20-21-30-28-16-8-10-18-35(28)46(39(30)37(29)42)41-43-24-33-38(44-41)31-17-9-11-19-36(31)45(40(33)47)27-14-4-3-5-15-27;1-42(2)33-18-10-8-16-28(33)29-21-22-31-36-27-15-7-6-12-25(27)20-23-35(36)46(39(31)37(29)42)41-43-24-32-38(44-41)30-17-9-11-19-34(30)45(40(32)47)26-13-4-3-5-14-26/h1-27H;2*3-24H,1-2H3. The van der Waals surface area contributed by atoms with Gasteiger partial charge in [-0.1, -0.05) is 337 Å². The van der Waals surface area contributed by atoms with Gasteiger partial charge in [0.2, 0.25) is 17.8 Å². The number of rotatable bonds is 7. The topological polar surface area (TPSA) is 163 Å². The number of nitrogens with zero attached hydrogens (tertiary/aromatic N) is 13. The Kier molecular flexibility index (Phi) is 17.9. The average molecular weight is 1860 g/mol. The van der Waals surface area contributed by atoms with Crippen LogP contribution in [0.15, 0.2) is 445 Å². The second-order valence-electron chi connectivity index (χ2n) is 39.0. The summed E-state index contributed by atoms with van der Waals surface area (Å²) in [5.74, 6) is 1.61. The van der Waals surface area contributed by atoms with Crippen molar-refractivity contribution in [2.75, 3.05) is 0 Å². The Morgan fingerprint density at radius 2 is 0.503 bits per heavy atom. The van der Waals surface area contributed by atoms with Crippen molar-refractivity contribution in [3.8, 4) is 62.8 Å². The fraction of sp³-hybridized carbons (Fsp3) is 0.0465. The van der Waals surface area contributed by atoms with Crippen molar-refractivity contribution in [1.82, 2.24) is 61.9 Å². The zero-order valence-electron chi connectivity index (χ0n) is 79.0. The van der Waals surface area contributed by atoms with E-state index in [0.717, 1.165) is 127 Å². The van der Waals surface area contributed by atoms with Crippen LogP contribution in [0.4, 0.5) is 0 Å². The summed E-state index contributed by atoms with van der Waals surface area (Å²) in [6, 6.07) is 142. The summed E-state index contributed by atoms with van der Waals surface area (Å²) >= 11 is 0. The molecule has 0 fully saturated rings. The minimum atomic E-state index is -0.271. The maximum Gasteiger partial charge on any atom is 0.266 e. The van der Waals surface area contributed by atoms with Gasteiger partial charge in [0.25, 0.3) is 16.7 Å². The van der Waals surface area contributed by atoms with Gasteiger partial charge in [-0.15, -0.1) is 0 Å². The molecule has 16 heteroatoms. The van der Waals surface area contributed by atoms with Crippen LogP contribution in [0.25, 0.3) is 248 Å². The lowest BCUT2D eigenvalue weighted by molar-refractivity contribution is 0.663. The summed E-state index contributed by atoms with van der Waals surface area (Å²) in [4.78, 5) is 73.2. The molecule has 0 atom stereocenters. The Labute approximate surface area is 827 Å². The molecule has 16 nitrogen and oxygen atoms in total. The van der Waals surface area contributed by atoms with Crippen LogP contribution in [0.5, 0.6) is 0 Å². The molecular formula is C129H83N13O3. The van der Waals surface area contributed by atoms with Crippen LogP contribution >= 0.6 is 0 Å². The van der Waals surface area contributed by atoms with Gasteiger partial charge in [0.15, 0.2) is 0 Å². The van der Waals surface area contributed by atoms with Gasteiger partial charge in [0.1, 0.15) is 0 Å². The van der Waals surface area contributed by atoms with Crippen molar-refractivity contribution in [2.24, 2.45) is 0 Å². The average Bonchev–Trinajstić information content (AvgIpc) is 1.55. The highest BCUT2D eigenvalue weighted by Crippen LogP contribution is 2.57. The molecule has 0 spiro atoms. The van der Waals surface area contributed by atoms with E-state index in [1.165, 1.54) is 93.0 Å². The quantitative estimate of drug-likeness (QED) is 0.141. The second-order valence-corrected chi connectivity index (χ2v) is 39.0. The predicted molar refractivity (Wildman–Crippen MR) is 593 cm³/mol. The summed E-state index contributed by atoms with van der Waals surface area (Å²) < 4.78 is 14.3. The Bertz CT molecular complexity index is 10900. The van der Waals surface area contributed by atoms with Gasteiger partial charge in [0, 0.05) is 111 Å². The summed E-state index contributed by atoms with van der Waals surface area (Å²) in [6.07, 6.45) is 5.13. The number of aromatic nitrogens is 13. The highest BCUT2D eigenvalue weighted by Gasteiger charge is 2.42. The van der Waals surface area contributed by atoms with Crippen LogP contribution in [-0.4, -0.2) is 61.9 Å². The normalized spacial score (nSPS) is 13.0. The Balaban J connectivity index is 0.000000103. The highest BCUT2D eigenvalue weighted by atomic mass is 16.1. The lowest BCUT2D eigenvalue weighted by Gasteiger charge is -2.23. The monoisotopic (exact) mass is 1860 g/mol. The molecule has 10 aromatic heterocycles. The Morgan fingerprint density at radius 1 is 0.200 bits per heavy atom. The van der Waals surface area contributed by atoms with Crippen molar-refractivity contribution < 1.29 is 0 Å². The molecule has 682 valence electrons. The first-order valence-electron chi connectivity index (χ1n) is 49.0. The third-order valence-corrected chi connectivity index (χ3v) is 30.6. The fourth-order valence-corrected chi connectivity index (χ4v) is 24.3. The van der Waals surface area contributed by atoms with E-state index in [1.807, 2.05) is 164 Å². The number of benzene rings is 19. The van der Waals surface area contributed by atoms with Crippen molar-refractivity contribution in [1.29, 1.82) is 0 Å². The second kappa shape index (κ2) is 31.4. The van der Waals surface area contributed by atoms with Crippen LogP contribution in [0.2, 0.25) is 0 Å². The van der Waals surface area contributed by atoms with Gasteiger partial charge in [-0.25, -0.2) is 29.9 Å². The number of hydrogen-bond acceptors (Lipinski definition) is 9. The first-order chi connectivity index (χ1) is 71.3. The minimum absolute atomic E-state index is 0.136. The molecule has 0 radical (unpaired) electrons. The molecular weight excluding hydrogens is 1780 g/mol. The molecule has 0 unspecified atom stereocenters. The first kappa shape index (κ1) is 82.8. The molecule has 29 aromatic rings. The number of pyridine rings is 3. The van der Waals surface area contributed by atoms with Gasteiger partial charge in [-0.05, 0) is 180 Å². The van der Waals surface area contributed by atoms with Gasteiger partial charge >= 0.3 is 0 Å². The molecule has 0 bridgehead atoms. The molecule has 0 saturated carbocycles. The molecule has 0 amide bonds. The van der Waals surface area contributed by atoms with Crippen molar-refractivity contribution in [3.05, 3.63) is 484 Å². The maximum absolute atomic E-state index is 14.2. The first-order valence-corrected chi connectivity index (χ1v) is 49.0. The molecule has 19 aromatic carbocycles. The molecule has 0 saturated heterocycles. The molecule has 2 aliphatic rings. The third kappa shape index (κ3) is 12.0. The van der Waals surface area contributed by atoms with Gasteiger partial charge in [0.05, 0.1) is 93.4 Å². The van der Waals surface area contributed by atoms with E-state index in [9.17, 15) is 14.4 Å². The van der Waals surface area contributed by atoms with Gasteiger partial charge in [-0.3, -0.25) is 41.8 Å². The maximum atomic E-state index is 14.2. The zero-order valence-corrected chi connectivity index (χ0v) is 79.0. The molecule has 2 aliphatic carbocycles. The van der Waals surface area contributed by atoms with E-state index in [1.54, 1.807) is 32.3 Å². The van der Waals surface area contributed by atoms with Gasteiger partial charge < -0.3 is 4.57 Å². The lowest BCUT2D eigenvalue weighted by atomic mass is 9.81. The highest BCUT2D eigenvalue weighted by molar-refractivity contribution is 6.29. The minimum Gasteiger partial charge on any atom is -0.307 e. The smallest absolute Gasteiger partial charge is 0.266 e. The predicted octanol–water partition coefficient (Wildman–Crippen LogP) is 29.3. The van der Waals surface area contributed by atoms with Crippen LogP contribution in [0, 0.1) is 0 Å². The lowest BCUT2D eigenvalue weighted by Crippen LogP contribution is -2.20. The molecule has 10 heterocycles. The Morgan fingerprint density at radius 3 is 0.966 bits per heavy atom. The summed E-state index contributed by atoms with van der Waals surface area (Å²) in [5.41, 5.74) is 25.6. The number of fused-ring (bicyclic) bond motifs is 35. The Hall–Kier alpha value is -19.2. The summed E-state index contributed by atoms with van der Waals surface area (Å²) in [5, 5.41) is 20.6. The summed E-state index contributed by atoms with van der Waals surface area (Å²) in [7, 11) is 0. The van der Waals surface area contributed by atoms with E-state index in [2.05, 4.69) is 295 Å². The van der Waals surface area contributed by atoms with E-state index < -0.39 is 0 Å². The molecule has 0 aliphatic heterocycles. The van der Waals surface area contributed by atoms with E-state index in [-0.39, 0.29) is 27.5 Å². The molecule has 31 rings (SSSR count). The SMILES string of the molecule is CC1(C)c2cc3ccccc3cc2-c2ccc3c4ccccc4n(-c4ncc5c(=O)n(-c6ccccc6)c6ccccc6c5n4)c3c21.CC1(C)c2ccccc2-c2ccc3c4c5ccccc5ccc4n(-c4ncc5c(=O)n(-c6ccccc6)c6ccccc6c5n4)c3c21.O=c1c2cnc(-n3c4ccccc4c4ccc5c6c7ccccc7ccc6n(-c6ccccc6)c5c43)nc2c2ccccc2n1-c1ccccc1. The van der Waals surface area contributed by atoms with Crippen LogP contribution in [-0.2, 0) is 10.8 Å². The van der Waals surface area contributed by atoms with Crippen molar-refractivity contribution >= 4 is 185 Å². The van der Waals surface area contributed by atoms with Crippen molar-refractivity contribution in [2.45, 2.75) is 38.5 Å². The van der Waals surface area contributed by atoms with E-state index in [4.69, 9.17) is 29.9 Å². The molecule has 0 N–H and O–H groups in total. The van der Waals surface area contributed by atoms with E-state index >= 15 is 0 Å². The zero-order chi connectivity index (χ0) is 96.5. The van der Waals surface area contributed by atoms with Crippen molar-refractivity contribution in [3.63, 3.8) is 0 Å². The van der Waals surface area contributed by atoms with Crippen LogP contribution in [0.3, 0.4) is 0 Å². The fourth-order valence-electron chi connectivity index (χ4n) is 24.3. The number of hydrogen-bond donors (Lipinski definition) is 0. The van der Waals surface area contributed by atoms with Gasteiger partial charge in [-0.2, -0.15) is 0 Å². The van der Waals surface area contributed by atoms with Crippen LogP contribution < -0.4 is 16.7 Å².